The van der Waals surface area contributed by atoms with Crippen molar-refractivity contribution < 1.29 is 9.84 Å². The van der Waals surface area contributed by atoms with E-state index in [-0.39, 0.29) is 6.61 Å². The number of aliphatic hydroxyl groups is 1. The van der Waals surface area contributed by atoms with Crippen molar-refractivity contribution in [2.45, 2.75) is 6.92 Å². The Morgan fingerprint density at radius 1 is 1.46 bits per heavy atom. The standard InChI is InChI=1S/C11H14O2/c1-9-5-6-10(4-3-7-12)11(8-9)13-2/h3-6,8,12H,7H2,1-2H3/b4-3+. The van der Waals surface area contributed by atoms with Crippen LogP contribution in [-0.2, 0) is 0 Å². The highest BCUT2D eigenvalue weighted by Crippen LogP contribution is 2.20. The van der Waals surface area contributed by atoms with Crippen LogP contribution in [-0.4, -0.2) is 18.8 Å². The lowest BCUT2D eigenvalue weighted by atomic mass is 10.1. The second-order valence-corrected chi connectivity index (χ2v) is 2.83. The molecule has 0 aliphatic carbocycles. The van der Waals surface area contributed by atoms with Gasteiger partial charge in [0, 0.05) is 5.56 Å². The van der Waals surface area contributed by atoms with E-state index in [0.717, 1.165) is 16.9 Å². The van der Waals surface area contributed by atoms with E-state index < -0.39 is 0 Å². The summed E-state index contributed by atoms with van der Waals surface area (Å²) in [5, 5.41) is 8.62. The van der Waals surface area contributed by atoms with Crippen molar-refractivity contribution in [1.82, 2.24) is 0 Å². The van der Waals surface area contributed by atoms with Crippen molar-refractivity contribution >= 4 is 6.08 Å². The lowest BCUT2D eigenvalue weighted by Crippen LogP contribution is -1.87. The molecule has 0 radical (unpaired) electrons. The first-order valence-corrected chi connectivity index (χ1v) is 4.20. The Bertz CT molecular complexity index is 303. The Labute approximate surface area is 78.5 Å². The van der Waals surface area contributed by atoms with Crippen LogP contribution in [0, 0.1) is 6.92 Å². The van der Waals surface area contributed by atoms with Gasteiger partial charge in [0.1, 0.15) is 5.75 Å². The van der Waals surface area contributed by atoms with Crippen molar-refractivity contribution in [3.8, 4) is 5.75 Å². The molecule has 0 aliphatic heterocycles. The molecule has 1 aromatic rings. The van der Waals surface area contributed by atoms with Crippen LogP contribution in [0.4, 0.5) is 0 Å². The predicted octanol–water partition coefficient (Wildman–Crippen LogP) is 2.01. The van der Waals surface area contributed by atoms with Crippen molar-refractivity contribution in [1.29, 1.82) is 0 Å². The molecule has 2 heteroatoms. The highest BCUT2D eigenvalue weighted by molar-refractivity contribution is 5.58. The van der Waals surface area contributed by atoms with E-state index in [4.69, 9.17) is 9.84 Å². The third kappa shape index (κ3) is 2.60. The largest absolute Gasteiger partial charge is 0.496 e. The van der Waals surface area contributed by atoms with E-state index in [9.17, 15) is 0 Å². The number of ether oxygens (including phenoxy) is 1. The molecule has 0 heterocycles. The highest BCUT2D eigenvalue weighted by Gasteiger charge is 1.98. The summed E-state index contributed by atoms with van der Waals surface area (Å²) in [4.78, 5) is 0. The minimum atomic E-state index is 0.0526. The minimum Gasteiger partial charge on any atom is -0.496 e. The first-order valence-electron chi connectivity index (χ1n) is 4.20. The van der Waals surface area contributed by atoms with Gasteiger partial charge < -0.3 is 9.84 Å². The van der Waals surface area contributed by atoms with E-state index >= 15 is 0 Å². The number of rotatable bonds is 3. The van der Waals surface area contributed by atoms with Crippen LogP contribution in [0.15, 0.2) is 24.3 Å². The van der Waals surface area contributed by atoms with Gasteiger partial charge >= 0.3 is 0 Å². The van der Waals surface area contributed by atoms with Crippen LogP contribution in [0.2, 0.25) is 0 Å². The molecule has 0 aromatic heterocycles. The maximum Gasteiger partial charge on any atom is 0.126 e. The summed E-state index contributed by atoms with van der Waals surface area (Å²) in [7, 11) is 1.64. The SMILES string of the molecule is COc1cc(C)ccc1/C=C/CO. The summed E-state index contributed by atoms with van der Waals surface area (Å²) in [6.45, 7) is 2.07. The lowest BCUT2D eigenvalue weighted by molar-refractivity contribution is 0.343. The van der Waals surface area contributed by atoms with Crippen molar-refractivity contribution in [2.75, 3.05) is 13.7 Å². The highest BCUT2D eigenvalue weighted by atomic mass is 16.5. The third-order valence-corrected chi connectivity index (χ3v) is 1.79. The number of aryl methyl sites for hydroxylation is 1. The van der Waals surface area contributed by atoms with Gasteiger partial charge in [-0.05, 0) is 18.6 Å². The topological polar surface area (TPSA) is 29.5 Å². The third-order valence-electron chi connectivity index (χ3n) is 1.79. The van der Waals surface area contributed by atoms with E-state index in [1.165, 1.54) is 0 Å². The van der Waals surface area contributed by atoms with E-state index in [0.29, 0.717) is 0 Å². The average molecular weight is 178 g/mol. The molecule has 0 unspecified atom stereocenters. The summed E-state index contributed by atoms with van der Waals surface area (Å²) in [6.07, 6.45) is 3.53. The molecule has 1 rings (SSSR count). The lowest BCUT2D eigenvalue weighted by Gasteiger charge is -2.05. The van der Waals surface area contributed by atoms with E-state index in [1.807, 2.05) is 31.2 Å². The van der Waals surface area contributed by atoms with Gasteiger partial charge in [0.25, 0.3) is 0 Å². The molecule has 2 nitrogen and oxygen atoms in total. The summed E-state index contributed by atoms with van der Waals surface area (Å²) >= 11 is 0. The van der Waals surface area contributed by atoms with Gasteiger partial charge in [0.05, 0.1) is 13.7 Å². The van der Waals surface area contributed by atoms with Crippen molar-refractivity contribution in [3.63, 3.8) is 0 Å². The molecule has 1 N–H and O–H groups in total. The number of aliphatic hydroxyl groups excluding tert-OH is 1. The second-order valence-electron chi connectivity index (χ2n) is 2.83. The van der Waals surface area contributed by atoms with Crippen LogP contribution >= 0.6 is 0 Å². The zero-order chi connectivity index (χ0) is 9.68. The molecule has 0 amide bonds. The Morgan fingerprint density at radius 2 is 2.23 bits per heavy atom. The zero-order valence-corrected chi connectivity index (χ0v) is 7.95. The van der Waals surface area contributed by atoms with Crippen LogP contribution in [0.1, 0.15) is 11.1 Å². The number of benzene rings is 1. The van der Waals surface area contributed by atoms with Gasteiger partial charge in [-0.2, -0.15) is 0 Å². The molecule has 0 fully saturated rings. The first-order chi connectivity index (χ1) is 6.27. The van der Waals surface area contributed by atoms with Crippen molar-refractivity contribution in [3.05, 3.63) is 35.4 Å². The monoisotopic (exact) mass is 178 g/mol. The predicted molar refractivity (Wildman–Crippen MR) is 53.9 cm³/mol. The van der Waals surface area contributed by atoms with Crippen LogP contribution < -0.4 is 4.74 Å². The molecule has 70 valence electrons. The fraction of sp³-hybridized carbons (Fsp3) is 0.273. The Morgan fingerprint density at radius 3 is 2.85 bits per heavy atom. The summed E-state index contributed by atoms with van der Waals surface area (Å²) in [5.41, 5.74) is 2.15. The quantitative estimate of drug-likeness (QED) is 0.767. The van der Waals surface area contributed by atoms with Gasteiger partial charge in [-0.15, -0.1) is 0 Å². The van der Waals surface area contributed by atoms with Crippen LogP contribution in [0.3, 0.4) is 0 Å². The molecule has 0 atom stereocenters. The van der Waals surface area contributed by atoms with E-state index in [1.54, 1.807) is 13.2 Å². The van der Waals surface area contributed by atoms with Gasteiger partial charge in [-0.3, -0.25) is 0 Å². The van der Waals surface area contributed by atoms with Gasteiger partial charge in [0.2, 0.25) is 0 Å². The molecular weight excluding hydrogens is 164 g/mol. The number of hydrogen-bond donors (Lipinski definition) is 1. The molecule has 1 aromatic carbocycles. The van der Waals surface area contributed by atoms with Crippen LogP contribution in [0.25, 0.3) is 6.08 Å². The minimum absolute atomic E-state index is 0.0526. The summed E-state index contributed by atoms with van der Waals surface area (Å²) < 4.78 is 5.19. The van der Waals surface area contributed by atoms with Gasteiger partial charge in [0.15, 0.2) is 0 Å². The number of methoxy groups -OCH3 is 1. The Hall–Kier alpha value is -1.28. The van der Waals surface area contributed by atoms with Crippen LogP contribution in [0.5, 0.6) is 5.75 Å². The second kappa shape index (κ2) is 4.67. The first kappa shape index (κ1) is 9.81. The smallest absolute Gasteiger partial charge is 0.126 e. The average Bonchev–Trinajstić information content (AvgIpc) is 2.16. The Kier molecular flexibility index (Phi) is 3.53. The van der Waals surface area contributed by atoms with E-state index in [2.05, 4.69) is 0 Å². The molecular formula is C11H14O2. The number of hydrogen-bond acceptors (Lipinski definition) is 2. The van der Waals surface area contributed by atoms with Gasteiger partial charge in [-0.25, -0.2) is 0 Å². The Balaban J connectivity index is 2.99. The van der Waals surface area contributed by atoms with Gasteiger partial charge in [-0.1, -0.05) is 24.3 Å². The molecule has 13 heavy (non-hydrogen) atoms. The molecule has 0 aliphatic rings. The molecule has 0 saturated heterocycles. The fourth-order valence-corrected chi connectivity index (χ4v) is 1.14. The normalized spacial score (nSPS) is 10.7. The zero-order valence-electron chi connectivity index (χ0n) is 7.95. The maximum absolute atomic E-state index is 8.62. The summed E-state index contributed by atoms with van der Waals surface area (Å²) in [5.74, 6) is 0.838. The van der Waals surface area contributed by atoms with Crippen molar-refractivity contribution in [2.24, 2.45) is 0 Å². The summed E-state index contributed by atoms with van der Waals surface area (Å²) in [6, 6.07) is 5.96. The molecule has 0 saturated carbocycles. The molecule has 0 bridgehead atoms. The fourth-order valence-electron chi connectivity index (χ4n) is 1.14. The molecule has 0 spiro atoms. The maximum atomic E-state index is 8.62.